The second-order valence-corrected chi connectivity index (χ2v) is 6.62. The van der Waals surface area contributed by atoms with E-state index in [0.29, 0.717) is 11.3 Å². The molecule has 0 unspecified atom stereocenters. The van der Waals surface area contributed by atoms with E-state index in [2.05, 4.69) is 22.8 Å². The predicted octanol–water partition coefficient (Wildman–Crippen LogP) is 3.46. The Balaban J connectivity index is 1.52. The van der Waals surface area contributed by atoms with Crippen molar-refractivity contribution in [1.29, 1.82) is 0 Å². The highest BCUT2D eigenvalue weighted by Crippen LogP contribution is 2.30. The van der Waals surface area contributed by atoms with Gasteiger partial charge in [-0.25, -0.2) is 0 Å². The molecule has 0 atom stereocenters. The van der Waals surface area contributed by atoms with Crippen LogP contribution in [-0.4, -0.2) is 18.9 Å². The Hall–Kier alpha value is -3.08. The molecule has 0 saturated heterocycles. The molecular formula is C21H20N2O3. The van der Waals surface area contributed by atoms with Crippen LogP contribution in [0.3, 0.4) is 0 Å². The quantitative estimate of drug-likeness (QED) is 0.758. The fraction of sp³-hybridized carbons (Fsp3) is 0.238. The van der Waals surface area contributed by atoms with E-state index in [4.69, 9.17) is 4.42 Å². The molecule has 5 nitrogen and oxygen atoms in total. The second-order valence-electron chi connectivity index (χ2n) is 6.62. The minimum Gasteiger partial charge on any atom is -0.464 e. The summed E-state index contributed by atoms with van der Waals surface area (Å²) in [6, 6.07) is 11.2. The first kappa shape index (κ1) is 16.4. The van der Waals surface area contributed by atoms with Crippen LogP contribution < -0.4 is 10.6 Å². The maximum atomic E-state index is 12.5. The molecule has 4 rings (SSSR count). The number of rotatable bonds is 4. The van der Waals surface area contributed by atoms with E-state index in [1.807, 2.05) is 0 Å². The molecule has 0 spiro atoms. The van der Waals surface area contributed by atoms with Gasteiger partial charge in [0.25, 0.3) is 5.91 Å². The number of fused-ring (bicyclic) bond motifs is 2. The van der Waals surface area contributed by atoms with Gasteiger partial charge in [-0.15, -0.1) is 0 Å². The Labute approximate surface area is 151 Å². The van der Waals surface area contributed by atoms with Crippen molar-refractivity contribution in [2.75, 3.05) is 12.4 Å². The second kappa shape index (κ2) is 6.67. The minimum absolute atomic E-state index is 0.137. The van der Waals surface area contributed by atoms with Crippen LogP contribution in [0.25, 0.3) is 11.0 Å². The Morgan fingerprint density at radius 2 is 1.92 bits per heavy atom. The number of benzene rings is 2. The van der Waals surface area contributed by atoms with Crippen molar-refractivity contribution >= 4 is 28.5 Å². The predicted molar refractivity (Wildman–Crippen MR) is 100 cm³/mol. The molecule has 2 N–H and O–H groups in total. The molecule has 132 valence electrons. The van der Waals surface area contributed by atoms with Gasteiger partial charge in [0.1, 0.15) is 5.58 Å². The third kappa shape index (κ3) is 3.08. The Morgan fingerprint density at radius 1 is 1.12 bits per heavy atom. The molecule has 2 aromatic carbocycles. The van der Waals surface area contributed by atoms with Gasteiger partial charge in [0, 0.05) is 29.2 Å². The third-order valence-corrected chi connectivity index (χ3v) is 4.85. The maximum absolute atomic E-state index is 12.5. The lowest BCUT2D eigenvalue weighted by molar-refractivity contribution is -0.115. The van der Waals surface area contributed by atoms with E-state index >= 15 is 0 Å². The smallest absolute Gasteiger partial charge is 0.251 e. The molecule has 3 aromatic rings. The van der Waals surface area contributed by atoms with Gasteiger partial charge in [0.2, 0.25) is 5.91 Å². The summed E-state index contributed by atoms with van der Waals surface area (Å²) < 4.78 is 5.66. The van der Waals surface area contributed by atoms with Crippen LogP contribution in [0.5, 0.6) is 0 Å². The number of amides is 2. The summed E-state index contributed by atoms with van der Waals surface area (Å²) in [6.07, 6.45) is 5.27. The lowest BCUT2D eigenvalue weighted by atomic mass is 10.0. The van der Waals surface area contributed by atoms with Gasteiger partial charge >= 0.3 is 0 Å². The van der Waals surface area contributed by atoms with E-state index in [1.54, 1.807) is 37.6 Å². The normalized spacial score (nSPS) is 12.8. The zero-order valence-electron chi connectivity index (χ0n) is 14.6. The zero-order chi connectivity index (χ0) is 18.1. The standard InChI is InChI=1S/C21H20N2O3/c1-22-21(25)15-6-3-7-17(8-15)23-20(24)11-16-12-26-19-10-14-5-2-4-13(14)9-18(16)19/h3,6-10,12H,2,4-5,11H2,1H3,(H,22,25)(H,23,24). The van der Waals surface area contributed by atoms with Crippen molar-refractivity contribution in [3.63, 3.8) is 0 Å². The lowest BCUT2D eigenvalue weighted by Crippen LogP contribution is -2.19. The average Bonchev–Trinajstić information content (AvgIpc) is 3.26. The fourth-order valence-corrected chi connectivity index (χ4v) is 3.55. The molecule has 0 bridgehead atoms. The lowest BCUT2D eigenvalue weighted by Gasteiger charge is -2.07. The monoisotopic (exact) mass is 348 g/mol. The summed E-state index contributed by atoms with van der Waals surface area (Å²) in [7, 11) is 1.58. The Morgan fingerprint density at radius 3 is 2.73 bits per heavy atom. The van der Waals surface area contributed by atoms with Gasteiger partial charge < -0.3 is 15.1 Å². The minimum atomic E-state index is -0.184. The van der Waals surface area contributed by atoms with Gasteiger partial charge in [-0.2, -0.15) is 0 Å². The molecule has 2 amide bonds. The fourth-order valence-electron chi connectivity index (χ4n) is 3.55. The van der Waals surface area contributed by atoms with Crippen molar-refractivity contribution in [2.45, 2.75) is 25.7 Å². The van der Waals surface area contributed by atoms with E-state index < -0.39 is 0 Å². The Kier molecular flexibility index (Phi) is 4.21. The summed E-state index contributed by atoms with van der Waals surface area (Å²) in [5.41, 5.74) is 5.55. The number of hydrogen-bond donors (Lipinski definition) is 2. The molecular weight excluding hydrogens is 328 g/mol. The number of nitrogens with one attached hydrogen (secondary N) is 2. The molecule has 0 fully saturated rings. The van der Waals surface area contributed by atoms with Crippen LogP contribution in [-0.2, 0) is 24.1 Å². The van der Waals surface area contributed by atoms with Crippen molar-refractivity contribution in [3.05, 3.63) is 64.9 Å². The number of aryl methyl sites for hydroxylation is 2. The summed E-state index contributed by atoms with van der Waals surface area (Å²) in [4.78, 5) is 24.2. The van der Waals surface area contributed by atoms with E-state index in [1.165, 1.54) is 17.5 Å². The molecule has 1 heterocycles. The van der Waals surface area contributed by atoms with Crippen molar-refractivity contribution in [2.24, 2.45) is 0 Å². The van der Waals surface area contributed by atoms with E-state index in [9.17, 15) is 9.59 Å². The van der Waals surface area contributed by atoms with Gasteiger partial charge in [-0.1, -0.05) is 6.07 Å². The third-order valence-electron chi connectivity index (χ3n) is 4.85. The van der Waals surface area contributed by atoms with Crippen LogP contribution in [0.4, 0.5) is 5.69 Å². The summed E-state index contributed by atoms with van der Waals surface area (Å²) in [5, 5.41) is 6.44. The van der Waals surface area contributed by atoms with Crippen LogP contribution in [0.1, 0.15) is 33.5 Å². The molecule has 0 radical (unpaired) electrons. The molecule has 1 aliphatic carbocycles. The summed E-state index contributed by atoms with van der Waals surface area (Å²) >= 11 is 0. The molecule has 26 heavy (non-hydrogen) atoms. The van der Waals surface area contributed by atoms with E-state index in [0.717, 1.165) is 29.4 Å². The molecule has 0 aliphatic heterocycles. The number of furan rings is 1. The number of anilines is 1. The largest absolute Gasteiger partial charge is 0.464 e. The topological polar surface area (TPSA) is 71.3 Å². The van der Waals surface area contributed by atoms with Crippen molar-refractivity contribution in [3.8, 4) is 0 Å². The van der Waals surface area contributed by atoms with Crippen LogP contribution in [0.2, 0.25) is 0 Å². The first-order valence-corrected chi connectivity index (χ1v) is 8.78. The summed E-state index contributed by atoms with van der Waals surface area (Å²) in [6.45, 7) is 0. The van der Waals surface area contributed by atoms with Gasteiger partial charge in [0.15, 0.2) is 0 Å². The number of hydrogen-bond acceptors (Lipinski definition) is 3. The highest BCUT2D eigenvalue weighted by molar-refractivity contribution is 5.98. The Bertz CT molecular complexity index is 1000. The first-order chi connectivity index (χ1) is 12.6. The van der Waals surface area contributed by atoms with Crippen LogP contribution >= 0.6 is 0 Å². The SMILES string of the molecule is CNC(=O)c1cccc(NC(=O)Cc2coc3cc4c(cc23)CCC4)c1. The molecule has 1 aliphatic rings. The van der Waals surface area contributed by atoms with Crippen molar-refractivity contribution < 1.29 is 14.0 Å². The summed E-state index contributed by atoms with van der Waals surface area (Å²) in [5.74, 6) is -0.321. The highest BCUT2D eigenvalue weighted by Gasteiger charge is 2.17. The molecule has 1 aromatic heterocycles. The zero-order valence-corrected chi connectivity index (χ0v) is 14.6. The average molecular weight is 348 g/mol. The van der Waals surface area contributed by atoms with Crippen molar-refractivity contribution in [1.82, 2.24) is 5.32 Å². The first-order valence-electron chi connectivity index (χ1n) is 8.78. The van der Waals surface area contributed by atoms with Crippen LogP contribution in [0, 0.1) is 0 Å². The highest BCUT2D eigenvalue weighted by atomic mass is 16.3. The van der Waals surface area contributed by atoms with E-state index in [-0.39, 0.29) is 18.2 Å². The van der Waals surface area contributed by atoms with Crippen LogP contribution in [0.15, 0.2) is 47.1 Å². The van der Waals surface area contributed by atoms with Gasteiger partial charge in [-0.05, 0) is 60.7 Å². The molecule has 0 saturated carbocycles. The van der Waals surface area contributed by atoms with Gasteiger partial charge in [-0.3, -0.25) is 9.59 Å². The number of carbonyl (C=O) groups excluding carboxylic acids is 2. The van der Waals surface area contributed by atoms with Gasteiger partial charge in [0.05, 0.1) is 12.7 Å². The maximum Gasteiger partial charge on any atom is 0.251 e. The molecule has 5 heteroatoms. The number of carbonyl (C=O) groups is 2.